The minimum Gasteiger partial charge on any atom is -0.337 e. The summed E-state index contributed by atoms with van der Waals surface area (Å²) in [5.41, 5.74) is -0.160. The maximum atomic E-state index is 13.1. The fraction of sp³-hybridized carbons (Fsp3) is 0.263. The van der Waals surface area contributed by atoms with Gasteiger partial charge in [-0.2, -0.15) is 30.0 Å². The zero-order chi connectivity index (χ0) is 19.7. The Morgan fingerprint density at radius 2 is 1.79 bits per heavy atom. The smallest absolute Gasteiger partial charge is 0.337 e. The third-order valence-corrected chi connectivity index (χ3v) is 5.48. The summed E-state index contributed by atoms with van der Waals surface area (Å²) in [5, 5.41) is 4.26. The van der Waals surface area contributed by atoms with Crippen LogP contribution >= 0.6 is 11.8 Å². The summed E-state index contributed by atoms with van der Waals surface area (Å²) in [6.07, 6.45) is 0.453. The van der Waals surface area contributed by atoms with Gasteiger partial charge >= 0.3 is 6.18 Å². The number of rotatable bonds is 3. The summed E-state index contributed by atoms with van der Waals surface area (Å²) in [7, 11) is 0. The van der Waals surface area contributed by atoms with E-state index in [1.165, 1.54) is 16.9 Å². The molecule has 0 N–H and O–H groups in total. The molecule has 146 valence electrons. The number of benzene rings is 1. The first-order valence-corrected chi connectivity index (χ1v) is 9.86. The number of aromatic nitrogens is 3. The van der Waals surface area contributed by atoms with Crippen molar-refractivity contribution in [1.82, 2.24) is 19.2 Å². The highest BCUT2D eigenvalue weighted by molar-refractivity contribution is 7.99. The zero-order valence-corrected chi connectivity index (χ0v) is 15.6. The largest absolute Gasteiger partial charge is 0.416 e. The lowest BCUT2D eigenvalue weighted by Crippen LogP contribution is -2.38. The molecule has 0 spiro atoms. The van der Waals surface area contributed by atoms with Crippen LogP contribution in [0.25, 0.3) is 11.5 Å². The molecule has 1 amide bonds. The number of hydrogen-bond donors (Lipinski definition) is 0. The van der Waals surface area contributed by atoms with E-state index < -0.39 is 11.7 Å². The number of hydrogen-bond acceptors (Lipinski definition) is 3. The molecule has 1 aromatic carbocycles. The van der Waals surface area contributed by atoms with Gasteiger partial charge in [0, 0.05) is 37.0 Å². The second-order valence-corrected chi connectivity index (χ2v) is 7.56. The molecule has 0 saturated carbocycles. The molecule has 1 saturated heterocycles. The van der Waals surface area contributed by atoms with Gasteiger partial charge in [-0.1, -0.05) is 6.07 Å². The highest BCUT2D eigenvalue weighted by Crippen LogP contribution is 2.31. The first-order valence-electron chi connectivity index (χ1n) is 8.71. The van der Waals surface area contributed by atoms with Crippen molar-refractivity contribution in [3.8, 4) is 11.5 Å². The minimum absolute atomic E-state index is 0.165. The first kappa shape index (κ1) is 18.7. The maximum Gasteiger partial charge on any atom is 0.416 e. The van der Waals surface area contributed by atoms with Crippen molar-refractivity contribution in [3.63, 3.8) is 0 Å². The summed E-state index contributed by atoms with van der Waals surface area (Å²) in [4.78, 5) is 14.8. The molecule has 0 radical (unpaired) electrons. The first-order chi connectivity index (χ1) is 13.4. The lowest BCUT2D eigenvalue weighted by Gasteiger charge is -2.26. The normalized spacial score (nSPS) is 15.0. The molecule has 3 heterocycles. The molecule has 0 aliphatic carbocycles. The predicted octanol–water partition coefficient (Wildman–Crippen LogP) is 3.87. The standard InChI is InChI=1S/C19H17F3N4OS/c20-19(21,22)14-4-3-5-15(12-14)26-17(24-6-1-2-7-24)16(13-23-26)18(27)25-8-10-28-11-9-25/h1-7,12-13H,8-11H2. The Bertz CT molecular complexity index is 975. The zero-order valence-electron chi connectivity index (χ0n) is 14.8. The molecule has 5 nitrogen and oxygen atoms in total. The Balaban J connectivity index is 1.81. The van der Waals surface area contributed by atoms with E-state index in [-0.39, 0.29) is 11.6 Å². The van der Waals surface area contributed by atoms with Gasteiger partial charge in [0.25, 0.3) is 5.91 Å². The van der Waals surface area contributed by atoms with E-state index in [2.05, 4.69) is 5.10 Å². The van der Waals surface area contributed by atoms with Gasteiger partial charge in [0.05, 0.1) is 17.4 Å². The number of thioether (sulfide) groups is 1. The highest BCUT2D eigenvalue weighted by atomic mass is 32.2. The van der Waals surface area contributed by atoms with Crippen molar-refractivity contribution in [2.75, 3.05) is 24.6 Å². The van der Waals surface area contributed by atoms with Crippen LogP contribution in [0.3, 0.4) is 0 Å². The Morgan fingerprint density at radius 1 is 1.07 bits per heavy atom. The van der Waals surface area contributed by atoms with Gasteiger partial charge in [0.2, 0.25) is 0 Å². The van der Waals surface area contributed by atoms with Crippen LogP contribution in [-0.2, 0) is 6.18 Å². The average molecular weight is 406 g/mol. The molecule has 1 aliphatic heterocycles. The molecule has 4 rings (SSSR count). The number of halogens is 3. The van der Waals surface area contributed by atoms with Gasteiger partial charge < -0.3 is 9.47 Å². The third kappa shape index (κ3) is 3.54. The molecule has 2 aromatic heterocycles. The van der Waals surface area contributed by atoms with Crippen molar-refractivity contribution < 1.29 is 18.0 Å². The number of carbonyl (C=O) groups excluding carboxylic acids is 1. The van der Waals surface area contributed by atoms with Gasteiger partial charge in [0.15, 0.2) is 5.82 Å². The molecule has 0 bridgehead atoms. The van der Waals surface area contributed by atoms with Crippen molar-refractivity contribution in [1.29, 1.82) is 0 Å². The van der Waals surface area contributed by atoms with Crippen LogP contribution in [0.15, 0.2) is 55.0 Å². The van der Waals surface area contributed by atoms with Crippen molar-refractivity contribution in [3.05, 3.63) is 66.1 Å². The van der Waals surface area contributed by atoms with Gasteiger partial charge in [-0.3, -0.25) is 4.79 Å². The second kappa shape index (κ2) is 7.38. The van der Waals surface area contributed by atoms with Crippen molar-refractivity contribution >= 4 is 17.7 Å². The molecule has 9 heteroatoms. The van der Waals surface area contributed by atoms with E-state index in [4.69, 9.17) is 0 Å². The van der Waals surface area contributed by atoms with Crippen LogP contribution in [0.2, 0.25) is 0 Å². The van der Waals surface area contributed by atoms with Crippen LogP contribution in [-0.4, -0.2) is 49.7 Å². The topological polar surface area (TPSA) is 43.1 Å². The molecule has 1 fully saturated rings. The van der Waals surface area contributed by atoms with E-state index in [1.807, 2.05) is 0 Å². The number of nitrogens with zero attached hydrogens (tertiary/aromatic N) is 4. The maximum absolute atomic E-state index is 13.1. The van der Waals surface area contributed by atoms with Crippen molar-refractivity contribution in [2.45, 2.75) is 6.18 Å². The Labute approximate surface area is 163 Å². The molecule has 0 atom stereocenters. The van der Waals surface area contributed by atoms with Crippen LogP contribution in [0.1, 0.15) is 15.9 Å². The summed E-state index contributed by atoms with van der Waals surface area (Å²) in [5.74, 6) is 1.99. The Hall–Kier alpha value is -2.68. The van der Waals surface area contributed by atoms with E-state index in [0.29, 0.717) is 24.5 Å². The van der Waals surface area contributed by atoms with Crippen LogP contribution in [0, 0.1) is 0 Å². The molecule has 28 heavy (non-hydrogen) atoms. The van der Waals surface area contributed by atoms with Crippen molar-refractivity contribution in [2.24, 2.45) is 0 Å². The fourth-order valence-electron chi connectivity index (χ4n) is 3.16. The Kier molecular flexibility index (Phi) is 4.92. The molecular weight excluding hydrogens is 389 g/mol. The molecule has 3 aromatic rings. The van der Waals surface area contributed by atoms with Gasteiger partial charge in [-0.25, -0.2) is 4.68 Å². The van der Waals surface area contributed by atoms with E-state index in [9.17, 15) is 18.0 Å². The Morgan fingerprint density at radius 3 is 2.46 bits per heavy atom. The second-order valence-electron chi connectivity index (χ2n) is 6.34. The summed E-state index contributed by atoms with van der Waals surface area (Å²) in [6, 6.07) is 8.50. The molecule has 1 aliphatic rings. The predicted molar refractivity (Wildman–Crippen MR) is 101 cm³/mol. The van der Waals surface area contributed by atoms with Gasteiger partial charge in [0.1, 0.15) is 5.56 Å². The van der Waals surface area contributed by atoms with E-state index >= 15 is 0 Å². The summed E-state index contributed by atoms with van der Waals surface area (Å²) >= 11 is 1.79. The van der Waals surface area contributed by atoms with Crippen LogP contribution in [0.4, 0.5) is 13.2 Å². The highest BCUT2D eigenvalue weighted by Gasteiger charge is 2.31. The van der Waals surface area contributed by atoms with E-state index in [0.717, 1.165) is 23.6 Å². The van der Waals surface area contributed by atoms with Gasteiger partial charge in [-0.05, 0) is 30.3 Å². The number of amides is 1. The SMILES string of the molecule is O=C(c1cnn(-c2cccc(C(F)(F)F)c2)c1-n1cccc1)N1CCSCC1. The van der Waals surface area contributed by atoms with Gasteiger partial charge in [-0.15, -0.1) is 0 Å². The quantitative estimate of drug-likeness (QED) is 0.663. The fourth-order valence-corrected chi connectivity index (χ4v) is 4.06. The third-order valence-electron chi connectivity index (χ3n) is 4.54. The number of carbonyl (C=O) groups is 1. The number of alkyl halides is 3. The van der Waals surface area contributed by atoms with E-state index in [1.54, 1.807) is 51.8 Å². The molecular formula is C19H17F3N4OS. The summed E-state index contributed by atoms with van der Waals surface area (Å²) < 4.78 is 42.5. The van der Waals surface area contributed by atoms with Crippen LogP contribution < -0.4 is 0 Å². The summed E-state index contributed by atoms with van der Waals surface area (Å²) in [6.45, 7) is 1.28. The lowest BCUT2D eigenvalue weighted by molar-refractivity contribution is -0.137. The lowest BCUT2D eigenvalue weighted by atomic mass is 10.2. The van der Waals surface area contributed by atoms with Crippen LogP contribution in [0.5, 0.6) is 0 Å². The monoisotopic (exact) mass is 406 g/mol. The minimum atomic E-state index is -4.46. The average Bonchev–Trinajstić information content (AvgIpc) is 3.37. The molecule has 0 unspecified atom stereocenters.